The second-order valence-electron chi connectivity index (χ2n) is 6.65. The molecule has 1 fully saturated rings. The fourth-order valence-corrected chi connectivity index (χ4v) is 4.12. The molecule has 2 aromatic heterocycles. The van der Waals surface area contributed by atoms with E-state index >= 15 is 0 Å². The van der Waals surface area contributed by atoms with Gasteiger partial charge in [-0.15, -0.1) is 11.3 Å². The summed E-state index contributed by atoms with van der Waals surface area (Å²) in [6.45, 7) is 1.07. The van der Waals surface area contributed by atoms with Crippen LogP contribution >= 0.6 is 11.3 Å². The highest BCUT2D eigenvalue weighted by Crippen LogP contribution is 2.25. The maximum atomic E-state index is 12.9. The van der Waals surface area contributed by atoms with Gasteiger partial charge in [-0.25, -0.2) is 0 Å². The van der Waals surface area contributed by atoms with Crippen LogP contribution in [0.4, 0.5) is 0 Å². The topological polar surface area (TPSA) is 86.3 Å². The van der Waals surface area contributed by atoms with Gasteiger partial charge in [-0.05, 0) is 54.6 Å². The summed E-state index contributed by atoms with van der Waals surface area (Å²) in [6, 6.07) is 12.1. The smallest absolute Gasteiger partial charge is 0.271 e. The molecule has 1 amide bonds. The van der Waals surface area contributed by atoms with Crippen LogP contribution in [0.25, 0.3) is 11.3 Å². The van der Waals surface area contributed by atoms with Gasteiger partial charge >= 0.3 is 0 Å². The van der Waals surface area contributed by atoms with Crippen LogP contribution in [-0.2, 0) is 0 Å². The zero-order chi connectivity index (χ0) is 18.8. The number of hydrogen-bond donors (Lipinski definition) is 2. The minimum atomic E-state index is -0.152. The van der Waals surface area contributed by atoms with E-state index in [2.05, 4.69) is 10.2 Å². The summed E-state index contributed by atoms with van der Waals surface area (Å²) in [5.41, 5.74) is 1.86. The maximum absolute atomic E-state index is 12.9. The molecule has 0 spiro atoms. The fraction of sp³-hybridized carbons (Fsp3) is 0.250. The standard InChI is InChI=1S/C20H19N3O3S/c24-15-7-5-13(6-8-15)16-11-17(22-21-16)20(26)23-9-1-3-14(12-23)19(25)18-4-2-10-27-18/h2,4-8,10-11,14,24H,1,3,9,12H2,(H,21,22)/t14-/m1/s1. The molecule has 1 aromatic carbocycles. The van der Waals surface area contributed by atoms with Crippen LogP contribution in [0, 0.1) is 5.92 Å². The summed E-state index contributed by atoms with van der Waals surface area (Å²) in [6.07, 6.45) is 1.62. The Hall–Kier alpha value is -2.93. The molecule has 7 heteroatoms. The number of rotatable bonds is 4. The molecule has 4 rings (SSSR count). The van der Waals surface area contributed by atoms with Gasteiger partial charge in [0.15, 0.2) is 5.78 Å². The number of thiophene rings is 1. The Balaban J connectivity index is 1.48. The van der Waals surface area contributed by atoms with Gasteiger partial charge in [-0.2, -0.15) is 5.10 Å². The van der Waals surface area contributed by atoms with Crippen molar-refractivity contribution in [1.29, 1.82) is 0 Å². The number of amides is 1. The third-order valence-electron chi connectivity index (χ3n) is 4.81. The number of nitrogens with one attached hydrogen (secondary N) is 1. The number of carbonyl (C=O) groups excluding carboxylic acids is 2. The number of phenolic OH excluding ortho intramolecular Hbond substituents is 1. The van der Waals surface area contributed by atoms with Crippen LogP contribution in [0.3, 0.4) is 0 Å². The number of ketones is 1. The number of carbonyl (C=O) groups is 2. The monoisotopic (exact) mass is 381 g/mol. The number of aromatic hydroxyl groups is 1. The van der Waals surface area contributed by atoms with Gasteiger partial charge in [0, 0.05) is 24.6 Å². The Labute approximate surface area is 160 Å². The quantitative estimate of drug-likeness (QED) is 0.677. The molecule has 138 valence electrons. The number of nitrogens with zero attached hydrogens (tertiary/aromatic N) is 2. The lowest BCUT2D eigenvalue weighted by Crippen LogP contribution is -2.42. The molecule has 1 aliphatic rings. The van der Waals surface area contributed by atoms with E-state index < -0.39 is 0 Å². The van der Waals surface area contributed by atoms with Gasteiger partial charge in [-0.1, -0.05) is 6.07 Å². The SMILES string of the molecule is O=C(c1cccs1)[C@@H]1CCCN(C(=O)c2cc(-c3ccc(O)cc3)n[nH]2)C1. The van der Waals surface area contributed by atoms with Crippen molar-refractivity contribution in [3.63, 3.8) is 0 Å². The molecule has 1 saturated heterocycles. The van der Waals surface area contributed by atoms with Crippen LogP contribution in [0.5, 0.6) is 5.75 Å². The number of aromatic nitrogens is 2. The van der Waals surface area contributed by atoms with Crippen molar-refractivity contribution < 1.29 is 14.7 Å². The van der Waals surface area contributed by atoms with Gasteiger partial charge in [-0.3, -0.25) is 14.7 Å². The third-order valence-corrected chi connectivity index (χ3v) is 5.70. The lowest BCUT2D eigenvalue weighted by molar-refractivity contribution is 0.0633. The maximum Gasteiger partial charge on any atom is 0.271 e. The molecule has 27 heavy (non-hydrogen) atoms. The summed E-state index contributed by atoms with van der Waals surface area (Å²) in [7, 11) is 0. The highest BCUT2D eigenvalue weighted by atomic mass is 32.1. The first-order valence-corrected chi connectivity index (χ1v) is 9.71. The van der Waals surface area contributed by atoms with Crippen molar-refractivity contribution >= 4 is 23.0 Å². The summed E-state index contributed by atoms with van der Waals surface area (Å²) < 4.78 is 0. The average Bonchev–Trinajstić information content (AvgIpc) is 3.40. The first-order chi connectivity index (χ1) is 13.1. The van der Waals surface area contributed by atoms with E-state index in [0.29, 0.717) is 24.5 Å². The highest BCUT2D eigenvalue weighted by molar-refractivity contribution is 7.12. The lowest BCUT2D eigenvalue weighted by atomic mass is 9.93. The van der Waals surface area contributed by atoms with E-state index in [4.69, 9.17) is 0 Å². The Kier molecular flexibility index (Phi) is 4.77. The van der Waals surface area contributed by atoms with Crippen LogP contribution in [-0.4, -0.2) is 45.0 Å². The van der Waals surface area contributed by atoms with E-state index in [1.165, 1.54) is 11.3 Å². The van der Waals surface area contributed by atoms with Gasteiger partial charge in [0.2, 0.25) is 0 Å². The Morgan fingerprint density at radius 3 is 2.78 bits per heavy atom. The van der Waals surface area contributed by atoms with Gasteiger partial charge in [0.1, 0.15) is 11.4 Å². The molecule has 2 N–H and O–H groups in total. The molecular weight excluding hydrogens is 362 g/mol. The molecule has 0 unspecified atom stereocenters. The second kappa shape index (κ2) is 7.36. The third kappa shape index (κ3) is 3.64. The van der Waals surface area contributed by atoms with Gasteiger partial charge in [0.25, 0.3) is 5.91 Å². The number of hydrogen-bond acceptors (Lipinski definition) is 5. The minimum Gasteiger partial charge on any atom is -0.508 e. The fourth-order valence-electron chi connectivity index (χ4n) is 3.38. The van der Waals surface area contributed by atoms with Crippen LogP contribution in [0.2, 0.25) is 0 Å². The van der Waals surface area contributed by atoms with Crippen molar-refractivity contribution in [2.45, 2.75) is 12.8 Å². The van der Waals surface area contributed by atoms with E-state index in [1.54, 1.807) is 35.2 Å². The first-order valence-electron chi connectivity index (χ1n) is 8.83. The molecule has 1 aliphatic heterocycles. The minimum absolute atomic E-state index is 0.122. The predicted molar refractivity (Wildman–Crippen MR) is 103 cm³/mol. The average molecular weight is 381 g/mol. The number of piperidine rings is 1. The number of likely N-dealkylation sites (tertiary alicyclic amines) is 1. The van der Waals surface area contributed by atoms with Crippen molar-refractivity contribution in [3.8, 4) is 17.0 Å². The molecule has 1 atom stereocenters. The second-order valence-corrected chi connectivity index (χ2v) is 7.59. The van der Waals surface area contributed by atoms with Crippen molar-refractivity contribution in [1.82, 2.24) is 15.1 Å². The number of phenols is 1. The number of aromatic amines is 1. The van der Waals surface area contributed by atoms with E-state index in [9.17, 15) is 14.7 Å². The van der Waals surface area contributed by atoms with Gasteiger partial charge in [0.05, 0.1) is 10.6 Å². The Morgan fingerprint density at radius 2 is 2.04 bits per heavy atom. The summed E-state index contributed by atoms with van der Waals surface area (Å²) in [4.78, 5) is 28.0. The molecular formula is C20H19N3O3S. The van der Waals surface area contributed by atoms with Crippen molar-refractivity contribution in [3.05, 3.63) is 58.4 Å². The largest absolute Gasteiger partial charge is 0.508 e. The van der Waals surface area contributed by atoms with Crippen LogP contribution < -0.4 is 0 Å². The van der Waals surface area contributed by atoms with Crippen LogP contribution in [0.1, 0.15) is 33.0 Å². The number of H-pyrrole nitrogens is 1. The summed E-state index contributed by atoms with van der Waals surface area (Å²) in [5.74, 6) is 0.00860. The van der Waals surface area contributed by atoms with Crippen molar-refractivity contribution in [2.24, 2.45) is 5.92 Å². The van der Waals surface area contributed by atoms with E-state index in [0.717, 1.165) is 23.3 Å². The van der Waals surface area contributed by atoms with Crippen molar-refractivity contribution in [2.75, 3.05) is 13.1 Å². The highest BCUT2D eigenvalue weighted by Gasteiger charge is 2.30. The molecule has 3 aromatic rings. The first kappa shape index (κ1) is 17.5. The molecule has 0 radical (unpaired) electrons. The lowest BCUT2D eigenvalue weighted by Gasteiger charge is -2.31. The zero-order valence-electron chi connectivity index (χ0n) is 14.6. The summed E-state index contributed by atoms with van der Waals surface area (Å²) >= 11 is 1.45. The van der Waals surface area contributed by atoms with Gasteiger partial charge < -0.3 is 10.0 Å². The molecule has 0 aliphatic carbocycles. The Bertz CT molecular complexity index is 947. The zero-order valence-corrected chi connectivity index (χ0v) is 15.4. The molecule has 0 saturated carbocycles. The molecule has 3 heterocycles. The van der Waals surface area contributed by atoms with E-state index in [1.807, 2.05) is 17.5 Å². The van der Waals surface area contributed by atoms with E-state index in [-0.39, 0.29) is 23.4 Å². The number of benzene rings is 1. The molecule has 6 nitrogen and oxygen atoms in total. The normalized spacial score (nSPS) is 17.0. The molecule has 0 bridgehead atoms. The van der Waals surface area contributed by atoms with Crippen LogP contribution in [0.15, 0.2) is 47.8 Å². The Morgan fingerprint density at radius 1 is 1.22 bits per heavy atom. The predicted octanol–water partition coefficient (Wildman–Crippen LogP) is 3.58. The summed E-state index contributed by atoms with van der Waals surface area (Å²) in [5, 5.41) is 18.3. The number of Topliss-reactive ketones (excluding diaryl/α,β-unsaturated/α-hetero) is 1.